The van der Waals surface area contributed by atoms with Crippen molar-refractivity contribution in [2.45, 2.75) is 41.0 Å². The molecule has 0 unspecified atom stereocenters. The van der Waals surface area contributed by atoms with Crippen molar-refractivity contribution in [2.75, 3.05) is 0 Å². The van der Waals surface area contributed by atoms with Gasteiger partial charge in [0.05, 0.1) is 0 Å². The van der Waals surface area contributed by atoms with Crippen LogP contribution in [0.25, 0.3) is 0 Å². The lowest BCUT2D eigenvalue weighted by atomic mass is 9.90. The van der Waals surface area contributed by atoms with E-state index in [1.165, 1.54) is 5.69 Å². The quantitative estimate of drug-likeness (QED) is 0.640. The van der Waals surface area contributed by atoms with E-state index in [1.807, 2.05) is 32.2 Å². The molecular weight excluding hydrogens is 158 g/mol. The Kier molecular flexibility index (Phi) is 5.36. The van der Waals surface area contributed by atoms with Crippen molar-refractivity contribution in [2.24, 2.45) is 5.41 Å². The van der Waals surface area contributed by atoms with Crippen molar-refractivity contribution in [1.29, 1.82) is 0 Å². The molecule has 0 saturated carbocycles. The van der Waals surface area contributed by atoms with Crippen LogP contribution in [0.2, 0.25) is 0 Å². The van der Waals surface area contributed by atoms with Crippen LogP contribution in [0.15, 0.2) is 24.4 Å². The largest absolute Gasteiger partial charge is 0.261 e. The van der Waals surface area contributed by atoms with Gasteiger partial charge in [0.15, 0.2) is 0 Å². The second-order valence-electron chi connectivity index (χ2n) is 4.06. The van der Waals surface area contributed by atoms with Gasteiger partial charge in [-0.3, -0.25) is 4.98 Å². The highest BCUT2D eigenvalue weighted by atomic mass is 14.7. The summed E-state index contributed by atoms with van der Waals surface area (Å²) in [6, 6.07) is 6.06. The molecule has 1 aromatic rings. The van der Waals surface area contributed by atoms with Gasteiger partial charge in [-0.2, -0.15) is 0 Å². The van der Waals surface area contributed by atoms with E-state index in [1.54, 1.807) is 0 Å². The maximum absolute atomic E-state index is 4.26. The van der Waals surface area contributed by atoms with Crippen molar-refractivity contribution in [3.8, 4) is 0 Å². The van der Waals surface area contributed by atoms with Crippen LogP contribution in [0, 0.1) is 5.41 Å². The first-order valence-electron chi connectivity index (χ1n) is 4.98. The Morgan fingerprint density at radius 3 is 2.15 bits per heavy atom. The molecule has 0 N–H and O–H groups in total. The second-order valence-corrected chi connectivity index (χ2v) is 4.06. The molecule has 0 aromatic carbocycles. The third-order valence-corrected chi connectivity index (χ3v) is 1.44. The zero-order valence-electron chi connectivity index (χ0n) is 9.46. The minimum Gasteiger partial charge on any atom is -0.261 e. The lowest BCUT2D eigenvalue weighted by Crippen LogP contribution is -2.09. The molecule has 0 aliphatic rings. The molecule has 0 radical (unpaired) electrons. The molecule has 0 bridgehead atoms. The van der Waals surface area contributed by atoms with Crippen LogP contribution in [0.3, 0.4) is 0 Å². The van der Waals surface area contributed by atoms with Gasteiger partial charge in [0.2, 0.25) is 0 Å². The highest BCUT2D eigenvalue weighted by molar-refractivity contribution is 5.04. The van der Waals surface area contributed by atoms with E-state index in [9.17, 15) is 0 Å². The van der Waals surface area contributed by atoms with Crippen molar-refractivity contribution >= 4 is 0 Å². The number of pyridine rings is 1. The van der Waals surface area contributed by atoms with Crippen molar-refractivity contribution in [1.82, 2.24) is 4.98 Å². The first-order chi connectivity index (χ1) is 6.08. The molecule has 0 aliphatic carbocycles. The molecule has 13 heavy (non-hydrogen) atoms. The summed E-state index contributed by atoms with van der Waals surface area (Å²) in [6.07, 6.45) is 2.90. The van der Waals surface area contributed by atoms with Crippen LogP contribution < -0.4 is 0 Å². The summed E-state index contributed by atoms with van der Waals surface area (Å²) in [6.45, 7) is 10.7. The molecule has 0 atom stereocenters. The molecule has 1 aromatic heterocycles. The fraction of sp³-hybridized carbons (Fsp3) is 0.583. The molecule has 0 fully saturated rings. The zero-order chi connectivity index (χ0) is 10.3. The number of hydrogen-bond acceptors (Lipinski definition) is 1. The van der Waals surface area contributed by atoms with E-state index in [0.29, 0.717) is 5.41 Å². The minimum atomic E-state index is 0.342. The van der Waals surface area contributed by atoms with E-state index >= 15 is 0 Å². The van der Waals surface area contributed by atoms with Crippen LogP contribution in [0.4, 0.5) is 0 Å². The zero-order valence-corrected chi connectivity index (χ0v) is 9.46. The van der Waals surface area contributed by atoms with Crippen molar-refractivity contribution < 1.29 is 0 Å². The number of rotatable bonds is 1. The first kappa shape index (κ1) is 12.2. The van der Waals surface area contributed by atoms with E-state index in [2.05, 4.69) is 31.8 Å². The Hall–Kier alpha value is -0.850. The SMILES string of the molecule is CC.CC(C)(C)Cc1ccccn1. The van der Waals surface area contributed by atoms with E-state index in [0.717, 1.165) is 6.42 Å². The average molecular weight is 179 g/mol. The van der Waals surface area contributed by atoms with E-state index in [4.69, 9.17) is 0 Å². The van der Waals surface area contributed by atoms with Crippen LogP contribution >= 0.6 is 0 Å². The summed E-state index contributed by atoms with van der Waals surface area (Å²) in [5.41, 5.74) is 1.52. The molecule has 0 spiro atoms. The number of aromatic nitrogens is 1. The molecule has 1 heteroatoms. The fourth-order valence-electron chi connectivity index (χ4n) is 1.05. The number of hydrogen-bond donors (Lipinski definition) is 0. The van der Waals surface area contributed by atoms with Gasteiger partial charge in [0.25, 0.3) is 0 Å². The van der Waals surface area contributed by atoms with Gasteiger partial charge < -0.3 is 0 Å². The first-order valence-corrected chi connectivity index (χ1v) is 4.98. The second kappa shape index (κ2) is 5.74. The summed E-state index contributed by atoms with van der Waals surface area (Å²) < 4.78 is 0. The Morgan fingerprint density at radius 1 is 1.15 bits per heavy atom. The van der Waals surface area contributed by atoms with Gasteiger partial charge in [0.1, 0.15) is 0 Å². The lowest BCUT2D eigenvalue weighted by molar-refractivity contribution is 0.406. The van der Waals surface area contributed by atoms with Crippen molar-refractivity contribution in [3.05, 3.63) is 30.1 Å². The molecule has 0 amide bonds. The predicted molar refractivity (Wildman–Crippen MR) is 58.7 cm³/mol. The maximum Gasteiger partial charge on any atom is 0.0408 e. The smallest absolute Gasteiger partial charge is 0.0408 e. The molecule has 1 heterocycles. The van der Waals surface area contributed by atoms with Crippen LogP contribution in [-0.4, -0.2) is 4.98 Å². The Balaban J connectivity index is 0.000000671. The van der Waals surface area contributed by atoms with Crippen LogP contribution in [0.1, 0.15) is 40.3 Å². The Bertz CT molecular complexity index is 208. The summed E-state index contributed by atoms with van der Waals surface area (Å²) in [5, 5.41) is 0. The fourth-order valence-corrected chi connectivity index (χ4v) is 1.05. The van der Waals surface area contributed by atoms with Gasteiger partial charge in [-0.15, -0.1) is 0 Å². The molecular formula is C12H21N. The molecule has 1 rings (SSSR count). The summed E-state index contributed by atoms with van der Waals surface area (Å²) in [5.74, 6) is 0. The topological polar surface area (TPSA) is 12.9 Å². The minimum absolute atomic E-state index is 0.342. The predicted octanol–water partition coefficient (Wildman–Crippen LogP) is 3.70. The molecule has 74 valence electrons. The van der Waals surface area contributed by atoms with E-state index in [-0.39, 0.29) is 0 Å². The van der Waals surface area contributed by atoms with Gasteiger partial charge in [-0.1, -0.05) is 40.7 Å². The summed E-state index contributed by atoms with van der Waals surface area (Å²) in [7, 11) is 0. The standard InChI is InChI=1S/C10H15N.C2H6/c1-10(2,3)8-9-6-4-5-7-11-9;1-2/h4-7H,8H2,1-3H3;1-2H3. The molecule has 0 aliphatic heterocycles. The molecule has 0 saturated heterocycles. The number of nitrogens with zero attached hydrogens (tertiary/aromatic N) is 1. The third-order valence-electron chi connectivity index (χ3n) is 1.44. The highest BCUT2D eigenvalue weighted by Crippen LogP contribution is 2.18. The normalized spacial score (nSPS) is 10.2. The Labute approximate surface area is 82.2 Å². The lowest BCUT2D eigenvalue weighted by Gasteiger charge is -2.16. The van der Waals surface area contributed by atoms with Gasteiger partial charge >= 0.3 is 0 Å². The molecule has 1 nitrogen and oxygen atoms in total. The van der Waals surface area contributed by atoms with Crippen LogP contribution in [0.5, 0.6) is 0 Å². The summed E-state index contributed by atoms with van der Waals surface area (Å²) in [4.78, 5) is 4.26. The van der Waals surface area contributed by atoms with Crippen molar-refractivity contribution in [3.63, 3.8) is 0 Å². The summed E-state index contributed by atoms with van der Waals surface area (Å²) >= 11 is 0. The highest BCUT2D eigenvalue weighted by Gasteiger charge is 2.10. The van der Waals surface area contributed by atoms with Gasteiger partial charge in [-0.25, -0.2) is 0 Å². The van der Waals surface area contributed by atoms with E-state index < -0.39 is 0 Å². The van der Waals surface area contributed by atoms with Gasteiger partial charge in [0, 0.05) is 11.9 Å². The average Bonchev–Trinajstić information content (AvgIpc) is 2.07. The van der Waals surface area contributed by atoms with Crippen LogP contribution in [-0.2, 0) is 6.42 Å². The monoisotopic (exact) mass is 179 g/mol. The third kappa shape index (κ3) is 6.32. The maximum atomic E-state index is 4.26. The Morgan fingerprint density at radius 2 is 1.77 bits per heavy atom. The van der Waals surface area contributed by atoms with Gasteiger partial charge in [-0.05, 0) is 24.0 Å².